The summed E-state index contributed by atoms with van der Waals surface area (Å²) < 4.78 is 13.5. The van der Waals surface area contributed by atoms with E-state index in [1.165, 1.54) is 12.1 Å². The Morgan fingerprint density at radius 1 is 1.03 bits per heavy atom. The normalized spacial score (nSPS) is 12.2. The molecule has 0 bridgehead atoms. The molecule has 0 fully saturated rings. The van der Waals surface area contributed by atoms with E-state index in [0.29, 0.717) is 33.5 Å². The average molecular weight is 491 g/mol. The van der Waals surface area contributed by atoms with Crippen LogP contribution < -0.4 is 10.6 Å². The summed E-state index contributed by atoms with van der Waals surface area (Å²) in [5.41, 5.74) is 2.57. The standard InChI is InChI=1S/C25H20ClFN6O2/c26-14-4-3-5-16(10-14)29-24-17-6-1-2-7-18(17)30-23(33-24)13-28-21(25(34)35)12-22-31-19-9-8-15(27)11-20(19)32-22/h1-11,21,28H,12-13H2,(H,31,32)(H,34,35)(H,29,30,33)/t21-/m1/s1. The number of nitrogens with zero attached hydrogens (tertiary/aromatic N) is 3. The van der Waals surface area contributed by atoms with E-state index in [9.17, 15) is 14.3 Å². The first-order chi connectivity index (χ1) is 16.9. The van der Waals surface area contributed by atoms with E-state index in [4.69, 9.17) is 11.6 Å². The molecule has 2 aromatic heterocycles. The molecule has 10 heteroatoms. The van der Waals surface area contributed by atoms with Gasteiger partial charge in [0.1, 0.15) is 29.3 Å². The van der Waals surface area contributed by atoms with Gasteiger partial charge >= 0.3 is 5.97 Å². The van der Waals surface area contributed by atoms with Gasteiger partial charge < -0.3 is 15.4 Å². The van der Waals surface area contributed by atoms with E-state index >= 15 is 0 Å². The molecule has 8 nitrogen and oxygen atoms in total. The Hall–Kier alpha value is -4.08. The monoisotopic (exact) mass is 490 g/mol. The molecule has 176 valence electrons. The van der Waals surface area contributed by atoms with Gasteiger partial charge in [-0.05, 0) is 48.5 Å². The number of rotatable bonds is 8. The lowest BCUT2D eigenvalue weighted by molar-refractivity contribution is -0.139. The molecule has 0 aliphatic carbocycles. The Balaban J connectivity index is 1.37. The third-order valence-corrected chi connectivity index (χ3v) is 5.67. The zero-order chi connectivity index (χ0) is 24.4. The topological polar surface area (TPSA) is 116 Å². The highest BCUT2D eigenvalue weighted by molar-refractivity contribution is 6.30. The van der Waals surface area contributed by atoms with Crippen molar-refractivity contribution in [3.05, 3.63) is 89.2 Å². The number of aromatic amines is 1. The average Bonchev–Trinajstić information content (AvgIpc) is 3.23. The summed E-state index contributed by atoms with van der Waals surface area (Å²) in [6.45, 7) is 0.112. The SMILES string of the molecule is O=C(O)[C@@H](Cc1nc2ccc(F)cc2[nH]1)NCc1nc(Nc2cccc(Cl)c2)c2ccccc2n1. The number of nitrogens with one attached hydrogen (secondary N) is 3. The number of carboxylic acids is 1. The highest BCUT2D eigenvalue weighted by Crippen LogP contribution is 2.25. The van der Waals surface area contributed by atoms with Crippen LogP contribution in [-0.2, 0) is 17.8 Å². The Morgan fingerprint density at radius 2 is 1.89 bits per heavy atom. The predicted molar refractivity (Wildman–Crippen MR) is 132 cm³/mol. The molecule has 3 aromatic carbocycles. The van der Waals surface area contributed by atoms with Gasteiger partial charge in [0.15, 0.2) is 0 Å². The third-order valence-electron chi connectivity index (χ3n) is 5.43. The molecule has 0 amide bonds. The lowest BCUT2D eigenvalue weighted by Crippen LogP contribution is -2.38. The smallest absolute Gasteiger partial charge is 0.321 e. The molecule has 0 aliphatic rings. The number of aromatic nitrogens is 4. The van der Waals surface area contributed by atoms with Crippen molar-refractivity contribution in [2.24, 2.45) is 0 Å². The number of hydrogen-bond donors (Lipinski definition) is 4. The Labute approximate surface area is 204 Å². The number of carboxylic acid groups (broad SMARTS) is 1. The van der Waals surface area contributed by atoms with Gasteiger partial charge in [-0.3, -0.25) is 10.1 Å². The van der Waals surface area contributed by atoms with Crippen molar-refractivity contribution < 1.29 is 14.3 Å². The molecular weight excluding hydrogens is 471 g/mol. The summed E-state index contributed by atoms with van der Waals surface area (Å²) in [6, 6.07) is 18.0. The third kappa shape index (κ3) is 5.21. The molecule has 4 N–H and O–H groups in total. The molecular formula is C25H20ClFN6O2. The van der Waals surface area contributed by atoms with Crippen LogP contribution in [0.1, 0.15) is 11.6 Å². The highest BCUT2D eigenvalue weighted by atomic mass is 35.5. The minimum absolute atomic E-state index is 0.0762. The van der Waals surface area contributed by atoms with Crippen LogP contribution in [0.25, 0.3) is 21.9 Å². The maximum absolute atomic E-state index is 13.5. The van der Waals surface area contributed by atoms with E-state index in [0.717, 1.165) is 16.6 Å². The number of anilines is 2. The first kappa shape index (κ1) is 22.7. The number of H-pyrrole nitrogens is 1. The van der Waals surface area contributed by atoms with Crippen molar-refractivity contribution in [2.75, 3.05) is 5.32 Å². The van der Waals surface area contributed by atoms with Crippen LogP contribution in [0, 0.1) is 5.82 Å². The summed E-state index contributed by atoms with van der Waals surface area (Å²) in [6.07, 6.45) is 0.0762. The number of halogens is 2. The van der Waals surface area contributed by atoms with Crippen LogP contribution in [0.3, 0.4) is 0 Å². The van der Waals surface area contributed by atoms with Gasteiger partial charge in [-0.25, -0.2) is 19.3 Å². The van der Waals surface area contributed by atoms with E-state index < -0.39 is 17.8 Å². The first-order valence-electron chi connectivity index (χ1n) is 10.8. The zero-order valence-corrected chi connectivity index (χ0v) is 19.1. The van der Waals surface area contributed by atoms with Gasteiger partial charge in [-0.15, -0.1) is 0 Å². The molecule has 0 unspecified atom stereocenters. The van der Waals surface area contributed by atoms with Crippen molar-refractivity contribution >= 4 is 51.0 Å². The van der Waals surface area contributed by atoms with E-state index in [2.05, 4.69) is 30.6 Å². The second-order valence-corrected chi connectivity index (χ2v) is 8.40. The van der Waals surface area contributed by atoms with Gasteiger partial charge in [0, 0.05) is 22.5 Å². The highest BCUT2D eigenvalue weighted by Gasteiger charge is 2.20. The summed E-state index contributed by atoms with van der Waals surface area (Å²) in [7, 11) is 0. The van der Waals surface area contributed by atoms with Gasteiger partial charge in [-0.2, -0.15) is 0 Å². The van der Waals surface area contributed by atoms with E-state index in [-0.39, 0.29) is 13.0 Å². The summed E-state index contributed by atoms with van der Waals surface area (Å²) >= 11 is 6.11. The van der Waals surface area contributed by atoms with Crippen LogP contribution in [0.2, 0.25) is 5.02 Å². The van der Waals surface area contributed by atoms with E-state index in [1.807, 2.05) is 36.4 Å². The number of aliphatic carboxylic acids is 1. The molecule has 0 saturated carbocycles. The summed E-state index contributed by atoms with van der Waals surface area (Å²) in [5.74, 6) is 0.00574. The second kappa shape index (κ2) is 9.65. The molecule has 1 atom stereocenters. The van der Waals surface area contributed by atoms with Crippen molar-refractivity contribution in [3.8, 4) is 0 Å². The van der Waals surface area contributed by atoms with Crippen LogP contribution in [0.5, 0.6) is 0 Å². The number of imidazole rings is 1. The number of para-hydroxylation sites is 1. The first-order valence-corrected chi connectivity index (χ1v) is 11.2. The number of hydrogen-bond acceptors (Lipinski definition) is 6. The molecule has 2 heterocycles. The van der Waals surface area contributed by atoms with Gasteiger partial charge in [0.2, 0.25) is 0 Å². The van der Waals surface area contributed by atoms with Crippen LogP contribution >= 0.6 is 11.6 Å². The Morgan fingerprint density at radius 3 is 2.71 bits per heavy atom. The Bertz CT molecular complexity index is 1540. The summed E-state index contributed by atoms with van der Waals surface area (Å²) in [5, 5.41) is 17.4. The fourth-order valence-corrected chi connectivity index (χ4v) is 3.98. The minimum Gasteiger partial charge on any atom is -0.480 e. The quantitative estimate of drug-likeness (QED) is 0.246. The van der Waals surface area contributed by atoms with Crippen LogP contribution in [0.4, 0.5) is 15.9 Å². The molecule has 5 aromatic rings. The van der Waals surface area contributed by atoms with Crippen molar-refractivity contribution in [1.82, 2.24) is 25.3 Å². The second-order valence-electron chi connectivity index (χ2n) is 7.96. The number of fused-ring (bicyclic) bond motifs is 2. The van der Waals surface area contributed by atoms with Crippen molar-refractivity contribution in [3.63, 3.8) is 0 Å². The lowest BCUT2D eigenvalue weighted by atomic mass is 10.2. The van der Waals surface area contributed by atoms with Gasteiger partial charge in [0.05, 0.1) is 23.1 Å². The molecule has 0 aliphatic heterocycles. The van der Waals surface area contributed by atoms with Crippen molar-refractivity contribution in [2.45, 2.75) is 19.0 Å². The minimum atomic E-state index is -1.05. The van der Waals surface area contributed by atoms with Crippen LogP contribution in [0.15, 0.2) is 66.7 Å². The lowest BCUT2D eigenvalue weighted by Gasteiger charge is -2.14. The fourth-order valence-electron chi connectivity index (χ4n) is 3.79. The zero-order valence-electron chi connectivity index (χ0n) is 18.3. The predicted octanol–water partition coefficient (Wildman–Crippen LogP) is 4.83. The molecule has 5 rings (SSSR count). The molecule has 0 saturated heterocycles. The molecule has 0 spiro atoms. The fraction of sp³-hybridized carbons (Fsp3) is 0.120. The Kier molecular flexibility index (Phi) is 6.26. The van der Waals surface area contributed by atoms with E-state index in [1.54, 1.807) is 18.2 Å². The largest absolute Gasteiger partial charge is 0.480 e. The summed E-state index contributed by atoms with van der Waals surface area (Å²) in [4.78, 5) is 28.5. The van der Waals surface area contributed by atoms with Gasteiger partial charge in [-0.1, -0.05) is 29.8 Å². The number of carbonyl (C=O) groups is 1. The maximum Gasteiger partial charge on any atom is 0.321 e. The molecule has 35 heavy (non-hydrogen) atoms. The molecule has 0 radical (unpaired) electrons. The number of benzene rings is 3. The van der Waals surface area contributed by atoms with Crippen molar-refractivity contribution in [1.29, 1.82) is 0 Å². The van der Waals surface area contributed by atoms with Crippen LogP contribution in [-0.4, -0.2) is 37.1 Å². The maximum atomic E-state index is 13.5. The van der Waals surface area contributed by atoms with Gasteiger partial charge in [0.25, 0.3) is 0 Å².